The van der Waals surface area contributed by atoms with E-state index in [0.717, 1.165) is 5.69 Å². The summed E-state index contributed by atoms with van der Waals surface area (Å²) in [6, 6.07) is 8.61. The third-order valence-electron chi connectivity index (χ3n) is 4.73. The minimum atomic E-state index is -0.521. The van der Waals surface area contributed by atoms with Crippen LogP contribution in [0.4, 0.5) is 0 Å². The van der Waals surface area contributed by atoms with E-state index < -0.39 is 11.9 Å². The first kappa shape index (κ1) is 21.4. The Kier molecular flexibility index (Phi) is 7.45. The van der Waals surface area contributed by atoms with Crippen LogP contribution in [0.15, 0.2) is 42.7 Å². The molecule has 30 heavy (non-hydrogen) atoms. The highest BCUT2D eigenvalue weighted by atomic mass is 16.5. The van der Waals surface area contributed by atoms with Gasteiger partial charge in [-0.1, -0.05) is 6.07 Å². The Bertz CT molecular complexity index is 873. The Morgan fingerprint density at radius 2 is 2.10 bits per heavy atom. The van der Waals surface area contributed by atoms with E-state index in [0.29, 0.717) is 26.1 Å². The van der Waals surface area contributed by atoms with Gasteiger partial charge in [0.1, 0.15) is 5.69 Å². The van der Waals surface area contributed by atoms with Crippen LogP contribution in [0.1, 0.15) is 26.5 Å². The molecule has 2 aromatic rings. The van der Waals surface area contributed by atoms with E-state index in [1.54, 1.807) is 11.1 Å². The molecule has 9 heteroatoms. The van der Waals surface area contributed by atoms with Gasteiger partial charge in [-0.2, -0.15) is 0 Å². The van der Waals surface area contributed by atoms with E-state index in [2.05, 4.69) is 20.0 Å². The van der Waals surface area contributed by atoms with Crippen LogP contribution in [0.3, 0.4) is 0 Å². The lowest BCUT2D eigenvalue weighted by Crippen LogP contribution is -2.42. The maximum Gasteiger partial charge on any atom is 0.339 e. The molecule has 2 aromatic heterocycles. The topological polar surface area (TPSA) is 111 Å². The van der Waals surface area contributed by atoms with Crippen molar-refractivity contribution in [2.24, 2.45) is 5.92 Å². The molecule has 1 unspecified atom stereocenters. The van der Waals surface area contributed by atoms with Crippen molar-refractivity contribution in [2.45, 2.75) is 6.42 Å². The lowest BCUT2D eigenvalue weighted by atomic mass is 10.1. The van der Waals surface area contributed by atoms with Crippen LogP contribution in [0.2, 0.25) is 0 Å². The van der Waals surface area contributed by atoms with Gasteiger partial charge in [0.15, 0.2) is 0 Å². The van der Waals surface area contributed by atoms with Crippen LogP contribution in [-0.2, 0) is 20.7 Å². The number of aromatic nitrogens is 2. The van der Waals surface area contributed by atoms with Crippen LogP contribution in [0, 0.1) is 5.92 Å². The zero-order valence-electron chi connectivity index (χ0n) is 16.7. The molecule has 0 saturated carbocycles. The molecular formula is C21H24N4O5. The zero-order chi connectivity index (χ0) is 21.3. The molecule has 0 aliphatic carbocycles. The van der Waals surface area contributed by atoms with Gasteiger partial charge >= 0.3 is 5.97 Å². The molecule has 0 bridgehead atoms. The largest absolute Gasteiger partial charge is 0.465 e. The predicted octanol–water partition coefficient (Wildman–Crippen LogP) is 0.711. The number of nitrogens with zero attached hydrogens (tertiary/aromatic N) is 3. The minimum absolute atomic E-state index is 0.167. The van der Waals surface area contributed by atoms with Crippen molar-refractivity contribution < 1.29 is 23.9 Å². The first-order valence-electron chi connectivity index (χ1n) is 9.67. The highest BCUT2D eigenvalue weighted by molar-refractivity contribution is 5.94. The number of hydrogen-bond donors (Lipinski definition) is 1. The standard InChI is InChI=1S/C21H24N4O5/c1-29-21(28)15-5-6-18(24-12-15)20(27)25-10-11-30-14-16(13-25)19(26)23-9-7-17-4-2-3-8-22-17/h2-6,8,12,16H,7,9-11,13-14H2,1H3,(H,23,26). The maximum absolute atomic E-state index is 12.8. The van der Waals surface area contributed by atoms with Crippen LogP contribution in [0.5, 0.6) is 0 Å². The molecule has 1 N–H and O–H groups in total. The fraction of sp³-hybridized carbons (Fsp3) is 0.381. The maximum atomic E-state index is 12.8. The molecule has 9 nitrogen and oxygen atoms in total. The predicted molar refractivity (Wildman–Crippen MR) is 107 cm³/mol. The van der Waals surface area contributed by atoms with E-state index in [9.17, 15) is 14.4 Å². The van der Waals surface area contributed by atoms with Crippen molar-refractivity contribution in [1.82, 2.24) is 20.2 Å². The highest BCUT2D eigenvalue weighted by Gasteiger charge is 2.28. The molecule has 1 aliphatic heterocycles. The number of hydrogen-bond acceptors (Lipinski definition) is 7. The zero-order valence-corrected chi connectivity index (χ0v) is 16.7. The fourth-order valence-corrected chi connectivity index (χ4v) is 3.08. The number of methoxy groups -OCH3 is 1. The molecular weight excluding hydrogens is 388 g/mol. The Morgan fingerprint density at radius 1 is 1.23 bits per heavy atom. The monoisotopic (exact) mass is 412 g/mol. The highest BCUT2D eigenvalue weighted by Crippen LogP contribution is 2.12. The molecule has 158 valence electrons. The van der Waals surface area contributed by atoms with Gasteiger partial charge in [0.2, 0.25) is 5.91 Å². The van der Waals surface area contributed by atoms with Gasteiger partial charge in [-0.05, 0) is 24.3 Å². The summed E-state index contributed by atoms with van der Waals surface area (Å²) in [7, 11) is 1.28. The van der Waals surface area contributed by atoms with Crippen molar-refractivity contribution in [3.8, 4) is 0 Å². The number of ether oxygens (including phenoxy) is 2. The van der Waals surface area contributed by atoms with Crippen LogP contribution >= 0.6 is 0 Å². The summed E-state index contributed by atoms with van der Waals surface area (Å²) in [5.41, 5.74) is 1.35. The SMILES string of the molecule is COC(=O)c1ccc(C(=O)N2CCOCC(C(=O)NCCc3ccccn3)C2)nc1. The van der Waals surface area contributed by atoms with Crippen LogP contribution < -0.4 is 5.32 Å². The number of pyridine rings is 2. The second kappa shape index (κ2) is 10.4. The molecule has 2 amide bonds. The number of nitrogens with one attached hydrogen (secondary N) is 1. The van der Waals surface area contributed by atoms with E-state index in [-0.39, 0.29) is 36.2 Å². The lowest BCUT2D eigenvalue weighted by Gasteiger charge is -2.23. The summed E-state index contributed by atoms with van der Waals surface area (Å²) in [6.07, 6.45) is 3.64. The summed E-state index contributed by atoms with van der Waals surface area (Å²) >= 11 is 0. The molecule has 1 fully saturated rings. The third kappa shape index (κ3) is 5.60. The molecule has 3 rings (SSSR count). The summed E-state index contributed by atoms with van der Waals surface area (Å²) < 4.78 is 10.2. The molecule has 1 aliphatic rings. The second-order valence-electron chi connectivity index (χ2n) is 6.81. The van der Waals surface area contributed by atoms with Crippen molar-refractivity contribution in [1.29, 1.82) is 0 Å². The molecule has 0 radical (unpaired) electrons. The number of rotatable bonds is 6. The number of amides is 2. The molecule has 3 heterocycles. The van der Waals surface area contributed by atoms with Crippen molar-refractivity contribution >= 4 is 17.8 Å². The van der Waals surface area contributed by atoms with E-state index >= 15 is 0 Å². The summed E-state index contributed by atoms with van der Waals surface area (Å²) in [4.78, 5) is 46.8. The third-order valence-corrected chi connectivity index (χ3v) is 4.73. The van der Waals surface area contributed by atoms with Gasteiger partial charge < -0.3 is 19.7 Å². The first-order chi connectivity index (χ1) is 14.6. The summed E-state index contributed by atoms with van der Waals surface area (Å²) in [5.74, 6) is -1.48. The Balaban J connectivity index is 1.57. The normalized spacial score (nSPS) is 16.4. The fourth-order valence-electron chi connectivity index (χ4n) is 3.08. The second-order valence-corrected chi connectivity index (χ2v) is 6.81. The Labute approximate surface area is 174 Å². The minimum Gasteiger partial charge on any atom is -0.465 e. The molecule has 1 saturated heterocycles. The van der Waals surface area contributed by atoms with Crippen molar-refractivity contribution in [3.05, 3.63) is 59.7 Å². The molecule has 0 spiro atoms. The van der Waals surface area contributed by atoms with Gasteiger partial charge in [-0.15, -0.1) is 0 Å². The number of esters is 1. The lowest BCUT2D eigenvalue weighted by molar-refractivity contribution is -0.126. The van der Waals surface area contributed by atoms with Crippen molar-refractivity contribution in [2.75, 3.05) is 40.0 Å². The van der Waals surface area contributed by atoms with Crippen LogP contribution in [-0.4, -0.2) is 72.6 Å². The average Bonchev–Trinajstić information content (AvgIpc) is 3.05. The van der Waals surface area contributed by atoms with E-state index in [1.165, 1.54) is 25.4 Å². The van der Waals surface area contributed by atoms with Gasteiger partial charge in [0.05, 0.1) is 31.8 Å². The number of carbonyl (C=O) groups excluding carboxylic acids is 3. The molecule has 1 atom stereocenters. The molecule has 0 aromatic carbocycles. The van der Waals surface area contributed by atoms with Crippen molar-refractivity contribution in [3.63, 3.8) is 0 Å². The van der Waals surface area contributed by atoms with Crippen LogP contribution in [0.25, 0.3) is 0 Å². The summed E-state index contributed by atoms with van der Waals surface area (Å²) in [6.45, 7) is 1.63. The Hall–Kier alpha value is -3.33. The van der Waals surface area contributed by atoms with Gasteiger partial charge in [0.25, 0.3) is 5.91 Å². The summed E-state index contributed by atoms with van der Waals surface area (Å²) in [5, 5.41) is 2.89. The van der Waals surface area contributed by atoms with Gasteiger partial charge in [-0.3, -0.25) is 19.6 Å². The quantitative estimate of drug-likeness (QED) is 0.696. The Morgan fingerprint density at radius 3 is 2.80 bits per heavy atom. The smallest absolute Gasteiger partial charge is 0.339 e. The number of carbonyl (C=O) groups is 3. The average molecular weight is 412 g/mol. The van der Waals surface area contributed by atoms with E-state index in [1.807, 2.05) is 18.2 Å². The van der Waals surface area contributed by atoms with Gasteiger partial charge in [0, 0.05) is 44.1 Å². The van der Waals surface area contributed by atoms with Gasteiger partial charge in [-0.25, -0.2) is 4.79 Å². The first-order valence-corrected chi connectivity index (χ1v) is 9.67. The van der Waals surface area contributed by atoms with E-state index in [4.69, 9.17) is 4.74 Å².